The maximum atomic E-state index is 12.9. The highest BCUT2D eigenvalue weighted by Gasteiger charge is 2.22. The molecule has 1 aliphatic heterocycles. The van der Waals surface area contributed by atoms with E-state index in [0.29, 0.717) is 18.3 Å². The number of aromatic amines is 1. The van der Waals surface area contributed by atoms with Crippen LogP contribution in [0.25, 0.3) is 0 Å². The van der Waals surface area contributed by atoms with Gasteiger partial charge < -0.3 is 14.5 Å². The lowest BCUT2D eigenvalue weighted by atomic mass is 9.99. The fourth-order valence-corrected chi connectivity index (χ4v) is 4.23. The van der Waals surface area contributed by atoms with Gasteiger partial charge in [-0.05, 0) is 36.1 Å². The summed E-state index contributed by atoms with van der Waals surface area (Å²) in [7, 11) is 1.70. The number of piperazine rings is 1. The van der Waals surface area contributed by atoms with E-state index in [2.05, 4.69) is 59.0 Å². The summed E-state index contributed by atoms with van der Waals surface area (Å²) in [5, 5.41) is 0. The minimum Gasteiger partial charge on any atom is -0.495 e. The average molecular weight is 433 g/mol. The molecule has 168 valence electrons. The zero-order valence-corrected chi connectivity index (χ0v) is 19.4. The summed E-state index contributed by atoms with van der Waals surface area (Å²) in [6.45, 7) is 9.56. The third kappa shape index (κ3) is 4.64. The molecule has 1 aromatic heterocycles. The number of aryl methyl sites for hydroxylation is 1. The largest absolute Gasteiger partial charge is 0.495 e. The predicted molar refractivity (Wildman–Crippen MR) is 130 cm³/mol. The summed E-state index contributed by atoms with van der Waals surface area (Å²) >= 11 is 0. The monoisotopic (exact) mass is 432 g/mol. The molecule has 0 bridgehead atoms. The van der Waals surface area contributed by atoms with Gasteiger partial charge in [0.05, 0.1) is 18.5 Å². The van der Waals surface area contributed by atoms with Gasteiger partial charge in [0.1, 0.15) is 5.75 Å². The van der Waals surface area contributed by atoms with Crippen LogP contribution in [-0.2, 0) is 6.42 Å². The van der Waals surface area contributed by atoms with Crippen LogP contribution in [0, 0.1) is 6.92 Å². The van der Waals surface area contributed by atoms with Crippen LogP contribution in [0.2, 0.25) is 0 Å². The van der Waals surface area contributed by atoms with Gasteiger partial charge in [0.25, 0.3) is 5.56 Å². The second-order valence-corrected chi connectivity index (χ2v) is 8.67. The quantitative estimate of drug-likeness (QED) is 0.635. The van der Waals surface area contributed by atoms with Crippen molar-refractivity contribution in [1.29, 1.82) is 0 Å². The second kappa shape index (κ2) is 9.47. The molecule has 2 aromatic carbocycles. The Hall–Kier alpha value is -3.28. The first kappa shape index (κ1) is 21.9. The van der Waals surface area contributed by atoms with Crippen molar-refractivity contribution >= 4 is 11.6 Å². The molecule has 1 N–H and O–H groups in total. The second-order valence-electron chi connectivity index (χ2n) is 8.67. The van der Waals surface area contributed by atoms with E-state index in [1.807, 2.05) is 25.1 Å². The Bertz CT molecular complexity index is 1110. The smallest absolute Gasteiger partial charge is 0.256 e. The van der Waals surface area contributed by atoms with E-state index in [-0.39, 0.29) is 5.56 Å². The van der Waals surface area contributed by atoms with Crippen LogP contribution < -0.4 is 20.1 Å². The lowest BCUT2D eigenvalue weighted by Crippen LogP contribution is -2.47. The molecule has 1 fully saturated rings. The van der Waals surface area contributed by atoms with Gasteiger partial charge in [0, 0.05) is 38.2 Å². The Labute approximate surface area is 189 Å². The fourth-order valence-electron chi connectivity index (χ4n) is 4.23. The highest BCUT2D eigenvalue weighted by atomic mass is 16.5. The first-order chi connectivity index (χ1) is 15.5. The van der Waals surface area contributed by atoms with E-state index < -0.39 is 0 Å². The molecule has 0 radical (unpaired) electrons. The third-order valence-corrected chi connectivity index (χ3v) is 6.24. The lowest BCUT2D eigenvalue weighted by Gasteiger charge is -2.36. The van der Waals surface area contributed by atoms with Crippen LogP contribution in [-0.4, -0.2) is 43.3 Å². The van der Waals surface area contributed by atoms with Gasteiger partial charge in [0.2, 0.25) is 5.95 Å². The van der Waals surface area contributed by atoms with Gasteiger partial charge in [-0.15, -0.1) is 0 Å². The van der Waals surface area contributed by atoms with Gasteiger partial charge in [-0.2, -0.15) is 0 Å². The number of para-hydroxylation sites is 2. The van der Waals surface area contributed by atoms with Crippen molar-refractivity contribution in [1.82, 2.24) is 9.97 Å². The Morgan fingerprint density at radius 2 is 1.66 bits per heavy atom. The van der Waals surface area contributed by atoms with Crippen LogP contribution in [0.3, 0.4) is 0 Å². The molecule has 6 heteroatoms. The number of hydrogen-bond donors (Lipinski definition) is 1. The first-order valence-electron chi connectivity index (χ1n) is 11.3. The van der Waals surface area contributed by atoms with Crippen molar-refractivity contribution in [2.75, 3.05) is 43.1 Å². The average Bonchev–Trinajstić information content (AvgIpc) is 2.81. The standard InChI is InChI=1S/C26H32N4O2/c1-18(2)21-11-9-20(10-12-21)17-22-19(3)27-26(28-25(22)31)30-15-13-29(14-16-30)23-7-5-6-8-24(23)32-4/h5-12,18H,13-17H2,1-4H3,(H,27,28,31). The normalized spacial score (nSPS) is 14.2. The molecule has 3 aromatic rings. The topological polar surface area (TPSA) is 61.5 Å². The van der Waals surface area contributed by atoms with Crippen molar-refractivity contribution in [2.24, 2.45) is 0 Å². The summed E-state index contributed by atoms with van der Waals surface area (Å²) in [6.07, 6.45) is 0.592. The van der Waals surface area contributed by atoms with Crippen molar-refractivity contribution in [3.63, 3.8) is 0 Å². The van der Waals surface area contributed by atoms with Crippen LogP contribution in [0.5, 0.6) is 5.75 Å². The molecule has 1 saturated heterocycles. The van der Waals surface area contributed by atoms with Crippen LogP contribution in [0.4, 0.5) is 11.6 Å². The molecular formula is C26H32N4O2. The van der Waals surface area contributed by atoms with E-state index in [9.17, 15) is 4.79 Å². The maximum absolute atomic E-state index is 12.9. The third-order valence-electron chi connectivity index (χ3n) is 6.24. The first-order valence-corrected chi connectivity index (χ1v) is 11.3. The van der Waals surface area contributed by atoms with Gasteiger partial charge in [-0.25, -0.2) is 4.98 Å². The summed E-state index contributed by atoms with van der Waals surface area (Å²) in [5.74, 6) is 2.04. The Kier molecular flexibility index (Phi) is 6.49. The minimum atomic E-state index is -0.0485. The van der Waals surface area contributed by atoms with E-state index >= 15 is 0 Å². The number of H-pyrrole nitrogens is 1. The van der Waals surface area contributed by atoms with Crippen molar-refractivity contribution < 1.29 is 4.74 Å². The molecule has 6 nitrogen and oxygen atoms in total. The predicted octanol–water partition coefficient (Wildman–Crippen LogP) is 4.13. The van der Waals surface area contributed by atoms with Gasteiger partial charge in [-0.1, -0.05) is 50.2 Å². The Morgan fingerprint density at radius 1 is 1.00 bits per heavy atom. The van der Waals surface area contributed by atoms with Gasteiger partial charge in [-0.3, -0.25) is 9.78 Å². The number of anilines is 2. The molecule has 0 atom stereocenters. The summed E-state index contributed by atoms with van der Waals surface area (Å²) in [6, 6.07) is 16.6. The number of hydrogen-bond acceptors (Lipinski definition) is 5. The van der Waals surface area contributed by atoms with Crippen molar-refractivity contribution in [3.05, 3.63) is 81.3 Å². The molecule has 4 rings (SSSR count). The minimum absolute atomic E-state index is 0.0485. The molecule has 0 unspecified atom stereocenters. The number of rotatable bonds is 6. The highest BCUT2D eigenvalue weighted by molar-refractivity contribution is 5.59. The zero-order valence-electron chi connectivity index (χ0n) is 19.4. The SMILES string of the molecule is COc1ccccc1N1CCN(c2nc(C)c(Cc3ccc(C(C)C)cc3)c(=O)[nH]2)CC1. The number of benzene rings is 2. The molecule has 0 spiro atoms. The number of ether oxygens (including phenoxy) is 1. The number of aromatic nitrogens is 2. The van der Waals surface area contributed by atoms with Crippen molar-refractivity contribution in [2.45, 2.75) is 33.1 Å². The molecule has 0 saturated carbocycles. The number of nitrogens with one attached hydrogen (secondary N) is 1. The lowest BCUT2D eigenvalue weighted by molar-refractivity contribution is 0.413. The fraction of sp³-hybridized carbons (Fsp3) is 0.385. The van der Waals surface area contributed by atoms with E-state index in [4.69, 9.17) is 9.72 Å². The molecule has 0 amide bonds. The summed E-state index contributed by atoms with van der Waals surface area (Å²) < 4.78 is 5.51. The van der Waals surface area contributed by atoms with Crippen molar-refractivity contribution in [3.8, 4) is 5.75 Å². The Morgan fingerprint density at radius 3 is 2.28 bits per heavy atom. The maximum Gasteiger partial charge on any atom is 0.256 e. The van der Waals surface area contributed by atoms with E-state index in [1.54, 1.807) is 7.11 Å². The van der Waals surface area contributed by atoms with E-state index in [1.165, 1.54) is 5.56 Å². The van der Waals surface area contributed by atoms with Gasteiger partial charge >= 0.3 is 0 Å². The zero-order chi connectivity index (χ0) is 22.7. The molecular weight excluding hydrogens is 400 g/mol. The molecule has 0 aliphatic carbocycles. The van der Waals surface area contributed by atoms with E-state index in [0.717, 1.165) is 54.4 Å². The summed E-state index contributed by atoms with van der Waals surface area (Å²) in [4.78, 5) is 25.2. The van der Waals surface area contributed by atoms with Crippen LogP contribution >= 0.6 is 0 Å². The highest BCUT2D eigenvalue weighted by Crippen LogP contribution is 2.28. The summed E-state index contributed by atoms with van der Waals surface area (Å²) in [5.41, 5.74) is 5.02. The number of methoxy groups -OCH3 is 1. The van der Waals surface area contributed by atoms with Gasteiger partial charge in [0.15, 0.2) is 0 Å². The Balaban J connectivity index is 1.46. The number of nitrogens with zero attached hydrogens (tertiary/aromatic N) is 3. The molecule has 32 heavy (non-hydrogen) atoms. The molecule has 1 aliphatic rings. The molecule has 2 heterocycles. The van der Waals surface area contributed by atoms with Crippen LogP contribution in [0.1, 0.15) is 42.1 Å². The van der Waals surface area contributed by atoms with Crippen LogP contribution in [0.15, 0.2) is 53.3 Å².